The highest BCUT2D eigenvalue weighted by Crippen LogP contribution is 2.20. The molecule has 0 atom stereocenters. The van der Waals surface area contributed by atoms with Crippen LogP contribution in [0.5, 0.6) is 0 Å². The summed E-state index contributed by atoms with van der Waals surface area (Å²) in [6.45, 7) is 7.04. The highest BCUT2D eigenvalue weighted by molar-refractivity contribution is 5.53. The number of hydrogen-bond donors (Lipinski definition) is 1. The second-order valence-corrected chi connectivity index (χ2v) is 4.70. The molecular formula is C13H19N3O3. The summed E-state index contributed by atoms with van der Waals surface area (Å²) < 4.78 is 5.29. The number of hydrogen-bond acceptors (Lipinski definition) is 5. The number of morpholine rings is 1. The molecule has 0 bridgehead atoms. The number of nitrogens with zero attached hydrogens (tertiary/aromatic N) is 2. The largest absolute Gasteiger partial charge is 0.384 e. The predicted octanol–water partition coefficient (Wildman–Crippen LogP) is 1.65. The van der Waals surface area contributed by atoms with Crippen molar-refractivity contribution in [2.24, 2.45) is 0 Å². The summed E-state index contributed by atoms with van der Waals surface area (Å²) in [6.07, 6.45) is 0. The van der Waals surface area contributed by atoms with Crippen LogP contribution < -0.4 is 5.32 Å². The first-order valence-electron chi connectivity index (χ1n) is 6.45. The lowest BCUT2D eigenvalue weighted by molar-refractivity contribution is -0.384. The monoisotopic (exact) mass is 265 g/mol. The Morgan fingerprint density at radius 2 is 2.11 bits per heavy atom. The van der Waals surface area contributed by atoms with E-state index in [1.807, 2.05) is 13.0 Å². The van der Waals surface area contributed by atoms with Gasteiger partial charge < -0.3 is 10.1 Å². The summed E-state index contributed by atoms with van der Waals surface area (Å²) in [6, 6.07) is 5.08. The Labute approximate surface area is 112 Å². The predicted molar refractivity (Wildman–Crippen MR) is 73.6 cm³/mol. The average molecular weight is 265 g/mol. The van der Waals surface area contributed by atoms with E-state index in [4.69, 9.17) is 4.74 Å². The second kappa shape index (κ2) is 6.49. The Hall–Kier alpha value is -1.66. The van der Waals surface area contributed by atoms with E-state index in [-0.39, 0.29) is 10.6 Å². The quantitative estimate of drug-likeness (QED) is 0.647. The fraction of sp³-hybridized carbons (Fsp3) is 0.538. The lowest BCUT2D eigenvalue weighted by atomic mass is 10.2. The van der Waals surface area contributed by atoms with Gasteiger partial charge in [0.15, 0.2) is 0 Å². The number of anilines is 1. The van der Waals surface area contributed by atoms with Gasteiger partial charge >= 0.3 is 0 Å². The van der Waals surface area contributed by atoms with Gasteiger partial charge in [0, 0.05) is 44.0 Å². The van der Waals surface area contributed by atoms with Gasteiger partial charge in [-0.15, -0.1) is 0 Å². The van der Waals surface area contributed by atoms with Gasteiger partial charge in [-0.25, -0.2) is 0 Å². The highest BCUT2D eigenvalue weighted by atomic mass is 16.6. The van der Waals surface area contributed by atoms with Crippen molar-refractivity contribution in [1.82, 2.24) is 4.90 Å². The standard InChI is InChI=1S/C13H19N3O3/c1-11-8-12(10-13(9-11)16(17)18)14-2-3-15-4-6-19-7-5-15/h8-10,14H,2-7H2,1H3. The van der Waals surface area contributed by atoms with Crippen LogP contribution in [-0.4, -0.2) is 49.2 Å². The third-order valence-corrected chi connectivity index (χ3v) is 3.13. The smallest absolute Gasteiger partial charge is 0.271 e. The van der Waals surface area contributed by atoms with Crippen molar-refractivity contribution in [3.63, 3.8) is 0 Å². The number of nitrogens with one attached hydrogen (secondary N) is 1. The zero-order chi connectivity index (χ0) is 13.7. The third kappa shape index (κ3) is 4.18. The first kappa shape index (κ1) is 13.8. The van der Waals surface area contributed by atoms with Crippen molar-refractivity contribution in [3.05, 3.63) is 33.9 Å². The molecule has 0 unspecified atom stereocenters. The van der Waals surface area contributed by atoms with E-state index in [2.05, 4.69) is 10.2 Å². The van der Waals surface area contributed by atoms with Crippen molar-refractivity contribution in [2.75, 3.05) is 44.7 Å². The van der Waals surface area contributed by atoms with Crippen molar-refractivity contribution in [1.29, 1.82) is 0 Å². The number of non-ortho nitro benzene ring substituents is 1. The first-order valence-corrected chi connectivity index (χ1v) is 6.45. The van der Waals surface area contributed by atoms with Crippen molar-refractivity contribution in [2.45, 2.75) is 6.92 Å². The topological polar surface area (TPSA) is 67.6 Å². The van der Waals surface area contributed by atoms with Gasteiger partial charge in [0.25, 0.3) is 5.69 Å². The lowest BCUT2D eigenvalue weighted by Gasteiger charge is -2.26. The summed E-state index contributed by atoms with van der Waals surface area (Å²) in [5, 5.41) is 14.0. The van der Waals surface area contributed by atoms with E-state index in [1.54, 1.807) is 12.1 Å². The fourth-order valence-corrected chi connectivity index (χ4v) is 2.15. The molecule has 1 aliphatic rings. The summed E-state index contributed by atoms with van der Waals surface area (Å²) in [4.78, 5) is 12.7. The van der Waals surface area contributed by atoms with Crippen LogP contribution in [-0.2, 0) is 4.74 Å². The van der Waals surface area contributed by atoms with Crippen LogP contribution in [0, 0.1) is 17.0 Å². The second-order valence-electron chi connectivity index (χ2n) is 4.70. The van der Waals surface area contributed by atoms with Gasteiger partial charge in [-0.1, -0.05) is 0 Å². The summed E-state index contributed by atoms with van der Waals surface area (Å²) >= 11 is 0. The maximum Gasteiger partial charge on any atom is 0.271 e. The van der Waals surface area contributed by atoms with Crippen molar-refractivity contribution < 1.29 is 9.66 Å². The molecule has 19 heavy (non-hydrogen) atoms. The summed E-state index contributed by atoms with van der Waals surface area (Å²) in [7, 11) is 0. The van der Waals surface area contributed by atoms with Gasteiger partial charge in [-0.3, -0.25) is 15.0 Å². The van der Waals surface area contributed by atoms with Crippen LogP contribution in [0.3, 0.4) is 0 Å². The molecule has 6 nitrogen and oxygen atoms in total. The number of ether oxygens (including phenoxy) is 1. The van der Waals surface area contributed by atoms with Crippen LogP contribution in [0.2, 0.25) is 0 Å². The van der Waals surface area contributed by atoms with E-state index >= 15 is 0 Å². The van der Waals surface area contributed by atoms with Crippen LogP contribution in [0.4, 0.5) is 11.4 Å². The Morgan fingerprint density at radius 1 is 1.37 bits per heavy atom. The molecule has 1 aromatic carbocycles. The number of nitro benzene ring substituents is 1. The van der Waals surface area contributed by atoms with Crippen LogP contribution in [0.1, 0.15) is 5.56 Å². The SMILES string of the molecule is Cc1cc(NCCN2CCOCC2)cc([N+](=O)[O-])c1. The van der Waals surface area contributed by atoms with Gasteiger partial charge in [0.1, 0.15) is 0 Å². The minimum atomic E-state index is -0.361. The Morgan fingerprint density at radius 3 is 2.79 bits per heavy atom. The van der Waals surface area contributed by atoms with Gasteiger partial charge in [-0.2, -0.15) is 0 Å². The van der Waals surface area contributed by atoms with E-state index in [1.165, 1.54) is 0 Å². The minimum absolute atomic E-state index is 0.133. The lowest BCUT2D eigenvalue weighted by Crippen LogP contribution is -2.39. The Bertz CT molecular complexity index is 445. The van der Waals surface area contributed by atoms with E-state index < -0.39 is 0 Å². The number of aryl methyl sites for hydroxylation is 1. The molecule has 0 saturated carbocycles. The van der Waals surface area contributed by atoms with E-state index in [9.17, 15) is 10.1 Å². The van der Waals surface area contributed by atoms with Gasteiger partial charge in [-0.05, 0) is 18.6 Å². The zero-order valence-electron chi connectivity index (χ0n) is 11.1. The molecule has 0 spiro atoms. The molecule has 6 heteroatoms. The molecule has 1 saturated heterocycles. The average Bonchev–Trinajstić information content (AvgIpc) is 2.39. The molecule has 104 valence electrons. The Balaban J connectivity index is 1.86. The molecule has 0 radical (unpaired) electrons. The molecule has 1 N–H and O–H groups in total. The molecule has 1 heterocycles. The first-order chi connectivity index (χ1) is 9.15. The molecule has 1 aliphatic heterocycles. The third-order valence-electron chi connectivity index (χ3n) is 3.13. The maximum atomic E-state index is 10.8. The molecule has 1 fully saturated rings. The van der Waals surface area contributed by atoms with Crippen LogP contribution >= 0.6 is 0 Å². The van der Waals surface area contributed by atoms with Crippen LogP contribution in [0.15, 0.2) is 18.2 Å². The molecular weight excluding hydrogens is 246 g/mol. The minimum Gasteiger partial charge on any atom is -0.384 e. The molecule has 1 aromatic rings. The summed E-state index contributed by atoms with van der Waals surface area (Å²) in [5.41, 5.74) is 1.83. The zero-order valence-corrected chi connectivity index (χ0v) is 11.1. The summed E-state index contributed by atoms with van der Waals surface area (Å²) in [5.74, 6) is 0. The maximum absolute atomic E-state index is 10.8. The molecule has 0 amide bonds. The number of nitro groups is 1. The van der Waals surface area contributed by atoms with E-state index in [0.29, 0.717) is 0 Å². The van der Waals surface area contributed by atoms with Gasteiger partial charge in [0.05, 0.1) is 18.1 Å². The van der Waals surface area contributed by atoms with Gasteiger partial charge in [0.2, 0.25) is 0 Å². The molecule has 0 aliphatic carbocycles. The number of benzene rings is 1. The van der Waals surface area contributed by atoms with Crippen LogP contribution in [0.25, 0.3) is 0 Å². The Kier molecular flexibility index (Phi) is 4.70. The molecule has 0 aromatic heterocycles. The number of rotatable bonds is 5. The van der Waals surface area contributed by atoms with Crippen molar-refractivity contribution in [3.8, 4) is 0 Å². The highest BCUT2D eigenvalue weighted by Gasteiger charge is 2.10. The van der Waals surface area contributed by atoms with Crippen molar-refractivity contribution >= 4 is 11.4 Å². The normalized spacial score (nSPS) is 16.3. The fourth-order valence-electron chi connectivity index (χ4n) is 2.15. The van der Waals surface area contributed by atoms with E-state index in [0.717, 1.165) is 50.6 Å². The molecule has 2 rings (SSSR count).